The molecule has 1 aromatic rings. The first-order chi connectivity index (χ1) is 6.81. The molecule has 14 heavy (non-hydrogen) atoms. The van der Waals surface area contributed by atoms with E-state index in [0.717, 1.165) is 23.1 Å². The van der Waals surface area contributed by atoms with Gasteiger partial charge in [-0.3, -0.25) is 0 Å². The molecule has 0 atom stereocenters. The number of piperidine rings is 1. The summed E-state index contributed by atoms with van der Waals surface area (Å²) in [7, 11) is 0. The lowest BCUT2D eigenvalue weighted by molar-refractivity contribution is 0.577. The van der Waals surface area contributed by atoms with E-state index >= 15 is 0 Å². The van der Waals surface area contributed by atoms with E-state index < -0.39 is 0 Å². The summed E-state index contributed by atoms with van der Waals surface area (Å²) >= 11 is 13.3. The smallest absolute Gasteiger partial charge is 0.187 e. The summed E-state index contributed by atoms with van der Waals surface area (Å²) in [5.74, 6) is 0.463. The number of anilines is 1. The van der Waals surface area contributed by atoms with Crippen molar-refractivity contribution in [2.45, 2.75) is 25.1 Å². The first-order valence-corrected chi connectivity index (χ1v) is 6.50. The topological polar surface area (TPSA) is 16.1 Å². The largest absolute Gasteiger partial charge is 0.348 e. The van der Waals surface area contributed by atoms with Crippen molar-refractivity contribution in [1.82, 2.24) is 4.98 Å². The summed E-state index contributed by atoms with van der Waals surface area (Å²) in [6.45, 7) is 2.21. The van der Waals surface area contributed by atoms with Gasteiger partial charge in [0, 0.05) is 13.1 Å². The predicted molar refractivity (Wildman–Crippen MR) is 62.7 cm³/mol. The van der Waals surface area contributed by atoms with Crippen LogP contribution in [0.1, 0.15) is 24.1 Å². The second-order valence-corrected chi connectivity index (χ2v) is 5.08. The third-order valence-corrected chi connectivity index (χ3v) is 4.35. The summed E-state index contributed by atoms with van der Waals surface area (Å²) < 4.78 is 0. The Bertz CT molecular complexity index is 308. The molecule has 0 spiro atoms. The van der Waals surface area contributed by atoms with Crippen LogP contribution in [0.15, 0.2) is 0 Å². The Labute approximate surface area is 97.8 Å². The molecule has 1 aliphatic rings. The molecule has 0 aliphatic carbocycles. The minimum absolute atomic E-state index is 0.463. The molecule has 0 bridgehead atoms. The minimum Gasteiger partial charge on any atom is -0.348 e. The summed E-state index contributed by atoms with van der Waals surface area (Å²) in [6.07, 6.45) is 3.85. The molecular weight excluding hydrogens is 239 g/mol. The van der Waals surface area contributed by atoms with Crippen molar-refractivity contribution in [3.63, 3.8) is 0 Å². The van der Waals surface area contributed by atoms with E-state index in [9.17, 15) is 0 Å². The second kappa shape index (κ2) is 4.69. The molecule has 78 valence electrons. The molecule has 0 amide bonds. The maximum absolute atomic E-state index is 5.95. The molecule has 0 N–H and O–H groups in total. The molecule has 2 rings (SSSR count). The quantitative estimate of drug-likeness (QED) is 0.747. The fourth-order valence-electron chi connectivity index (χ4n) is 1.62. The maximum Gasteiger partial charge on any atom is 0.187 e. The number of hydrogen-bond donors (Lipinski definition) is 0. The molecule has 5 heteroatoms. The van der Waals surface area contributed by atoms with Crippen LogP contribution in [-0.4, -0.2) is 18.1 Å². The highest BCUT2D eigenvalue weighted by molar-refractivity contribution is 7.16. The number of alkyl halides is 1. The molecule has 0 saturated carbocycles. The van der Waals surface area contributed by atoms with Gasteiger partial charge in [0.2, 0.25) is 0 Å². The number of hydrogen-bond acceptors (Lipinski definition) is 3. The van der Waals surface area contributed by atoms with Crippen molar-refractivity contribution in [1.29, 1.82) is 0 Å². The van der Waals surface area contributed by atoms with Crippen LogP contribution in [-0.2, 0) is 5.88 Å². The van der Waals surface area contributed by atoms with Gasteiger partial charge in [0.05, 0.1) is 10.8 Å². The average Bonchev–Trinajstić information content (AvgIpc) is 2.61. The highest BCUT2D eigenvalue weighted by atomic mass is 35.5. The Morgan fingerprint density at radius 2 is 2.00 bits per heavy atom. The summed E-state index contributed by atoms with van der Waals surface area (Å²) in [6, 6.07) is 0. The maximum atomic E-state index is 5.95. The molecule has 0 radical (unpaired) electrons. The van der Waals surface area contributed by atoms with Gasteiger partial charge in [0.1, 0.15) is 5.15 Å². The first kappa shape index (κ1) is 10.5. The average molecular weight is 251 g/mol. The van der Waals surface area contributed by atoms with Crippen molar-refractivity contribution in [2.24, 2.45) is 0 Å². The SMILES string of the molecule is ClCc1sc(N2CCCCC2)nc1Cl. The van der Waals surface area contributed by atoms with E-state index in [2.05, 4.69) is 9.88 Å². The molecule has 1 aliphatic heterocycles. The zero-order chi connectivity index (χ0) is 9.97. The molecule has 0 unspecified atom stereocenters. The van der Waals surface area contributed by atoms with Crippen molar-refractivity contribution < 1.29 is 0 Å². The van der Waals surface area contributed by atoms with E-state index in [-0.39, 0.29) is 0 Å². The third-order valence-electron chi connectivity index (χ3n) is 2.39. The van der Waals surface area contributed by atoms with Crippen LogP contribution in [0.2, 0.25) is 5.15 Å². The molecular formula is C9H12Cl2N2S. The fourth-order valence-corrected chi connectivity index (χ4v) is 3.15. The van der Waals surface area contributed by atoms with Crippen molar-refractivity contribution in [3.05, 3.63) is 10.0 Å². The van der Waals surface area contributed by atoms with Crippen LogP contribution >= 0.6 is 34.5 Å². The lowest BCUT2D eigenvalue weighted by atomic mass is 10.1. The summed E-state index contributed by atoms with van der Waals surface area (Å²) in [5, 5.41) is 1.61. The molecule has 2 heterocycles. The Morgan fingerprint density at radius 1 is 1.29 bits per heavy atom. The van der Waals surface area contributed by atoms with Crippen LogP contribution in [0, 0.1) is 0 Å². The van der Waals surface area contributed by atoms with Crippen LogP contribution in [0.3, 0.4) is 0 Å². The van der Waals surface area contributed by atoms with Crippen molar-refractivity contribution in [3.8, 4) is 0 Å². The Morgan fingerprint density at radius 3 is 2.57 bits per heavy atom. The Balaban J connectivity index is 2.14. The van der Waals surface area contributed by atoms with Crippen LogP contribution in [0.5, 0.6) is 0 Å². The minimum atomic E-state index is 0.463. The van der Waals surface area contributed by atoms with E-state index in [4.69, 9.17) is 23.2 Å². The van der Waals surface area contributed by atoms with Crippen molar-refractivity contribution >= 4 is 39.7 Å². The predicted octanol–water partition coefficient (Wildman–Crippen LogP) is 3.53. The molecule has 1 saturated heterocycles. The molecule has 2 nitrogen and oxygen atoms in total. The lowest BCUT2D eigenvalue weighted by Gasteiger charge is -2.25. The van der Waals surface area contributed by atoms with Gasteiger partial charge in [-0.25, -0.2) is 4.98 Å². The monoisotopic (exact) mass is 250 g/mol. The number of nitrogens with zero attached hydrogens (tertiary/aromatic N) is 2. The molecule has 1 fully saturated rings. The highest BCUT2D eigenvalue weighted by Crippen LogP contribution is 2.32. The van der Waals surface area contributed by atoms with Gasteiger partial charge in [-0.15, -0.1) is 11.6 Å². The normalized spacial score (nSPS) is 17.4. The lowest BCUT2D eigenvalue weighted by Crippen LogP contribution is -2.29. The number of aromatic nitrogens is 1. The van der Waals surface area contributed by atoms with E-state index in [1.165, 1.54) is 19.3 Å². The van der Waals surface area contributed by atoms with Gasteiger partial charge in [0.25, 0.3) is 0 Å². The highest BCUT2D eigenvalue weighted by Gasteiger charge is 2.16. The first-order valence-electron chi connectivity index (χ1n) is 4.77. The molecule has 0 aromatic carbocycles. The third kappa shape index (κ3) is 2.15. The molecule has 1 aromatic heterocycles. The van der Waals surface area contributed by atoms with Crippen molar-refractivity contribution in [2.75, 3.05) is 18.0 Å². The van der Waals surface area contributed by atoms with Crippen LogP contribution < -0.4 is 4.90 Å². The number of rotatable bonds is 2. The Kier molecular flexibility index (Phi) is 3.52. The summed E-state index contributed by atoms with van der Waals surface area (Å²) in [5.41, 5.74) is 0. The standard InChI is InChI=1S/C9H12Cl2N2S/c10-6-7-8(11)12-9(14-7)13-4-2-1-3-5-13/h1-6H2. The van der Waals surface area contributed by atoms with E-state index in [1.807, 2.05) is 0 Å². The van der Waals surface area contributed by atoms with Gasteiger partial charge in [0.15, 0.2) is 5.13 Å². The summed E-state index contributed by atoms with van der Waals surface area (Å²) in [4.78, 5) is 7.61. The van der Waals surface area contributed by atoms with Gasteiger partial charge < -0.3 is 4.90 Å². The van der Waals surface area contributed by atoms with Gasteiger partial charge in [-0.2, -0.15) is 0 Å². The van der Waals surface area contributed by atoms with Crippen LogP contribution in [0.4, 0.5) is 5.13 Å². The number of thiazole rings is 1. The van der Waals surface area contributed by atoms with Crippen LogP contribution in [0.25, 0.3) is 0 Å². The zero-order valence-electron chi connectivity index (χ0n) is 7.80. The van der Waals surface area contributed by atoms with Gasteiger partial charge in [-0.1, -0.05) is 22.9 Å². The van der Waals surface area contributed by atoms with E-state index in [0.29, 0.717) is 11.0 Å². The van der Waals surface area contributed by atoms with Gasteiger partial charge >= 0.3 is 0 Å². The number of halogens is 2. The van der Waals surface area contributed by atoms with E-state index in [1.54, 1.807) is 11.3 Å². The fraction of sp³-hybridized carbons (Fsp3) is 0.667. The zero-order valence-corrected chi connectivity index (χ0v) is 10.1. The second-order valence-electron chi connectivity index (χ2n) is 3.39. The van der Waals surface area contributed by atoms with Gasteiger partial charge in [-0.05, 0) is 19.3 Å². The Hall–Kier alpha value is 0.01000.